The molecule has 1 N–H and O–H groups in total. The van der Waals surface area contributed by atoms with Crippen LogP contribution in [0.2, 0.25) is 0 Å². The second-order valence-corrected chi connectivity index (χ2v) is 7.88. The van der Waals surface area contributed by atoms with Crippen LogP contribution in [0.4, 0.5) is 0 Å². The van der Waals surface area contributed by atoms with Crippen LogP contribution in [0.5, 0.6) is 17.2 Å². The zero-order valence-corrected chi connectivity index (χ0v) is 19.1. The second-order valence-electron chi connectivity index (χ2n) is 7.10. The summed E-state index contributed by atoms with van der Waals surface area (Å²) in [6, 6.07) is 6.19. The lowest BCUT2D eigenvalue weighted by Gasteiger charge is -2.36. The Balaban J connectivity index is 1.61. The van der Waals surface area contributed by atoms with Crippen molar-refractivity contribution in [2.75, 3.05) is 54.1 Å². The molecule has 0 saturated carbocycles. The van der Waals surface area contributed by atoms with Crippen molar-refractivity contribution in [1.29, 1.82) is 0 Å². The third-order valence-corrected chi connectivity index (χ3v) is 5.86. The molecule has 2 heterocycles. The summed E-state index contributed by atoms with van der Waals surface area (Å²) in [6.45, 7) is 8.37. The molecule has 0 amide bonds. The fraction of sp³-hybridized carbons (Fsp3) is 0.500. The van der Waals surface area contributed by atoms with Crippen LogP contribution >= 0.6 is 11.3 Å². The Labute approximate surface area is 183 Å². The van der Waals surface area contributed by atoms with Gasteiger partial charge in [0.15, 0.2) is 17.5 Å². The maximum Gasteiger partial charge on any atom is 0.203 e. The van der Waals surface area contributed by atoms with Gasteiger partial charge in [0.05, 0.1) is 27.9 Å². The summed E-state index contributed by atoms with van der Waals surface area (Å²) in [4.78, 5) is 9.62. The van der Waals surface area contributed by atoms with E-state index in [0.29, 0.717) is 17.2 Å². The number of piperazine rings is 1. The van der Waals surface area contributed by atoms with Gasteiger partial charge in [0.1, 0.15) is 0 Å². The molecule has 0 atom stereocenters. The molecule has 164 valence electrons. The highest BCUT2D eigenvalue weighted by Gasteiger charge is 2.21. The van der Waals surface area contributed by atoms with Gasteiger partial charge in [0.2, 0.25) is 5.75 Å². The van der Waals surface area contributed by atoms with Gasteiger partial charge >= 0.3 is 0 Å². The van der Waals surface area contributed by atoms with Crippen LogP contribution in [0.25, 0.3) is 0 Å². The lowest BCUT2D eigenvalue weighted by Crippen LogP contribution is -2.52. The van der Waals surface area contributed by atoms with Crippen LogP contribution in [-0.4, -0.2) is 69.8 Å². The van der Waals surface area contributed by atoms with Crippen molar-refractivity contribution in [3.05, 3.63) is 40.1 Å². The number of hydrogen-bond donors (Lipinski definition) is 1. The number of thiophene rings is 1. The molecular formula is C22H32N4O3S. The van der Waals surface area contributed by atoms with Gasteiger partial charge in [0.25, 0.3) is 0 Å². The summed E-state index contributed by atoms with van der Waals surface area (Å²) in [6.07, 6.45) is 0. The van der Waals surface area contributed by atoms with Crippen LogP contribution in [0.15, 0.2) is 34.0 Å². The molecule has 0 bridgehead atoms. The molecule has 1 aliphatic heterocycles. The zero-order chi connectivity index (χ0) is 21.3. The molecule has 1 aromatic heterocycles. The summed E-state index contributed by atoms with van der Waals surface area (Å²) >= 11 is 1.71. The molecule has 0 aliphatic carbocycles. The SMILES string of the molecule is CCNC(=NCc1ccsc1)N1CCN(Cc2cc(OC)c(OC)c(OC)c2)CC1. The zero-order valence-electron chi connectivity index (χ0n) is 18.3. The smallest absolute Gasteiger partial charge is 0.203 e. The number of nitrogens with one attached hydrogen (secondary N) is 1. The van der Waals surface area contributed by atoms with Crippen LogP contribution in [-0.2, 0) is 13.1 Å². The van der Waals surface area contributed by atoms with E-state index in [1.807, 2.05) is 12.1 Å². The summed E-state index contributed by atoms with van der Waals surface area (Å²) < 4.78 is 16.4. The van der Waals surface area contributed by atoms with Gasteiger partial charge in [-0.15, -0.1) is 0 Å². The van der Waals surface area contributed by atoms with Gasteiger partial charge < -0.3 is 24.4 Å². The Bertz CT molecular complexity index is 793. The molecule has 1 saturated heterocycles. The molecule has 8 heteroatoms. The van der Waals surface area contributed by atoms with E-state index in [-0.39, 0.29) is 0 Å². The van der Waals surface area contributed by atoms with Crippen molar-refractivity contribution in [1.82, 2.24) is 15.1 Å². The molecular weight excluding hydrogens is 400 g/mol. The highest BCUT2D eigenvalue weighted by molar-refractivity contribution is 7.07. The summed E-state index contributed by atoms with van der Waals surface area (Å²) in [7, 11) is 4.93. The molecule has 1 fully saturated rings. The average Bonchev–Trinajstić information content (AvgIpc) is 3.30. The fourth-order valence-corrected chi connectivity index (χ4v) is 4.24. The normalized spacial score (nSPS) is 15.2. The topological polar surface area (TPSA) is 58.6 Å². The maximum absolute atomic E-state index is 5.49. The van der Waals surface area contributed by atoms with E-state index < -0.39 is 0 Å². The van der Waals surface area contributed by atoms with Gasteiger partial charge in [-0.25, -0.2) is 4.99 Å². The number of benzene rings is 1. The largest absolute Gasteiger partial charge is 0.493 e. The molecule has 0 unspecified atom stereocenters. The van der Waals surface area contributed by atoms with E-state index in [9.17, 15) is 0 Å². The molecule has 30 heavy (non-hydrogen) atoms. The average molecular weight is 433 g/mol. The standard InChI is InChI=1S/C22H32N4O3S/c1-5-23-22(24-14-17-6-11-30-16-17)26-9-7-25(8-10-26)15-18-12-19(27-2)21(29-4)20(13-18)28-3/h6,11-13,16H,5,7-10,14-15H2,1-4H3,(H,23,24). The number of guanidine groups is 1. The molecule has 1 aliphatic rings. The maximum atomic E-state index is 5.49. The summed E-state index contributed by atoms with van der Waals surface area (Å²) in [5, 5.41) is 7.69. The molecule has 1 aromatic carbocycles. The number of hydrogen-bond acceptors (Lipinski definition) is 6. The van der Waals surface area contributed by atoms with Gasteiger partial charge in [-0.1, -0.05) is 0 Å². The van der Waals surface area contributed by atoms with E-state index in [1.165, 1.54) is 5.56 Å². The third-order valence-electron chi connectivity index (χ3n) is 5.13. The molecule has 7 nitrogen and oxygen atoms in total. The Morgan fingerprint density at radius 2 is 1.73 bits per heavy atom. The quantitative estimate of drug-likeness (QED) is 0.511. The van der Waals surface area contributed by atoms with Gasteiger partial charge in [0, 0.05) is 39.3 Å². The minimum atomic E-state index is 0.630. The van der Waals surface area contributed by atoms with Crippen molar-refractivity contribution in [2.45, 2.75) is 20.0 Å². The number of ether oxygens (including phenoxy) is 3. The summed E-state index contributed by atoms with van der Waals surface area (Å²) in [5.41, 5.74) is 2.41. The first kappa shape index (κ1) is 22.2. The van der Waals surface area contributed by atoms with E-state index in [1.54, 1.807) is 32.7 Å². The number of aliphatic imine (C=N–C) groups is 1. The van der Waals surface area contributed by atoms with Gasteiger partial charge in [-0.3, -0.25) is 4.90 Å². The number of nitrogens with zero attached hydrogens (tertiary/aromatic N) is 3. The van der Waals surface area contributed by atoms with E-state index >= 15 is 0 Å². The number of rotatable bonds is 8. The second kappa shape index (κ2) is 11.1. The monoisotopic (exact) mass is 432 g/mol. The lowest BCUT2D eigenvalue weighted by molar-refractivity contribution is 0.172. The minimum absolute atomic E-state index is 0.630. The molecule has 0 spiro atoms. The first-order valence-corrected chi connectivity index (χ1v) is 11.2. The first-order valence-electron chi connectivity index (χ1n) is 10.2. The first-order chi connectivity index (χ1) is 14.7. The molecule has 0 radical (unpaired) electrons. The minimum Gasteiger partial charge on any atom is -0.493 e. The van der Waals surface area contributed by atoms with Gasteiger partial charge in [-0.2, -0.15) is 11.3 Å². The molecule has 3 rings (SSSR count). The third kappa shape index (κ3) is 5.58. The molecule has 2 aromatic rings. The fourth-order valence-electron chi connectivity index (χ4n) is 3.58. The highest BCUT2D eigenvalue weighted by atomic mass is 32.1. The lowest BCUT2D eigenvalue weighted by atomic mass is 10.1. The Morgan fingerprint density at radius 3 is 2.27 bits per heavy atom. The van der Waals surface area contributed by atoms with Crippen molar-refractivity contribution in [2.24, 2.45) is 4.99 Å². The van der Waals surface area contributed by atoms with Crippen molar-refractivity contribution < 1.29 is 14.2 Å². The Morgan fingerprint density at radius 1 is 1.03 bits per heavy atom. The Hall–Kier alpha value is -2.45. The van der Waals surface area contributed by atoms with Crippen LogP contribution in [0.1, 0.15) is 18.1 Å². The highest BCUT2D eigenvalue weighted by Crippen LogP contribution is 2.38. The van der Waals surface area contributed by atoms with E-state index in [2.05, 4.69) is 38.9 Å². The van der Waals surface area contributed by atoms with E-state index in [4.69, 9.17) is 19.2 Å². The Kier molecular flexibility index (Phi) is 8.21. The number of methoxy groups -OCH3 is 3. The van der Waals surface area contributed by atoms with E-state index in [0.717, 1.165) is 57.3 Å². The van der Waals surface area contributed by atoms with Crippen molar-refractivity contribution in [3.63, 3.8) is 0 Å². The summed E-state index contributed by atoms with van der Waals surface area (Å²) in [5.74, 6) is 3.02. The van der Waals surface area contributed by atoms with Crippen LogP contribution in [0.3, 0.4) is 0 Å². The van der Waals surface area contributed by atoms with Crippen molar-refractivity contribution >= 4 is 17.3 Å². The predicted octanol–water partition coefficient (Wildman–Crippen LogP) is 3.06. The predicted molar refractivity (Wildman–Crippen MR) is 122 cm³/mol. The van der Waals surface area contributed by atoms with Crippen LogP contribution in [0, 0.1) is 0 Å². The van der Waals surface area contributed by atoms with Gasteiger partial charge in [-0.05, 0) is 47.0 Å². The van der Waals surface area contributed by atoms with Crippen molar-refractivity contribution in [3.8, 4) is 17.2 Å². The van der Waals surface area contributed by atoms with Crippen LogP contribution < -0.4 is 19.5 Å².